The molecule has 0 saturated carbocycles. The molecule has 1 saturated heterocycles. The first-order valence-electron chi connectivity index (χ1n) is 10.0. The van der Waals surface area contributed by atoms with Gasteiger partial charge in [0.15, 0.2) is 5.96 Å². The lowest BCUT2D eigenvalue weighted by atomic mass is 9.99. The number of aliphatic hydroxyl groups excluding tert-OH is 1. The van der Waals surface area contributed by atoms with Crippen LogP contribution in [0.25, 0.3) is 0 Å². The number of piperidine rings is 1. The van der Waals surface area contributed by atoms with Crippen molar-refractivity contribution < 1.29 is 9.84 Å². The van der Waals surface area contributed by atoms with Crippen LogP contribution < -0.4 is 10.6 Å². The third kappa shape index (κ3) is 13.1. The summed E-state index contributed by atoms with van der Waals surface area (Å²) in [6.45, 7) is 15.3. The van der Waals surface area contributed by atoms with Crippen LogP contribution in [0.2, 0.25) is 0 Å². The summed E-state index contributed by atoms with van der Waals surface area (Å²) in [5.41, 5.74) is 0. The van der Waals surface area contributed by atoms with Gasteiger partial charge in [0.2, 0.25) is 0 Å². The Morgan fingerprint density at radius 2 is 1.92 bits per heavy atom. The van der Waals surface area contributed by atoms with Gasteiger partial charge in [0.25, 0.3) is 0 Å². The first kappa shape index (κ1) is 25.9. The minimum absolute atomic E-state index is 0. The van der Waals surface area contributed by atoms with Crippen molar-refractivity contribution in [1.29, 1.82) is 0 Å². The van der Waals surface area contributed by atoms with Crippen LogP contribution in [0.5, 0.6) is 0 Å². The van der Waals surface area contributed by atoms with Crippen LogP contribution >= 0.6 is 24.0 Å². The van der Waals surface area contributed by atoms with E-state index in [2.05, 4.69) is 41.3 Å². The third-order valence-corrected chi connectivity index (χ3v) is 4.39. The number of rotatable bonds is 11. The Kier molecular flexibility index (Phi) is 15.8. The van der Waals surface area contributed by atoms with E-state index < -0.39 is 6.10 Å². The van der Waals surface area contributed by atoms with Crippen LogP contribution in [-0.4, -0.2) is 74.6 Å². The normalized spacial score (nSPS) is 17.8. The molecule has 0 aliphatic carbocycles. The number of aliphatic imine (C=N–C) groups is 1. The fourth-order valence-electron chi connectivity index (χ4n) is 2.83. The van der Waals surface area contributed by atoms with E-state index in [-0.39, 0.29) is 24.0 Å². The predicted molar refractivity (Wildman–Crippen MR) is 121 cm³/mol. The SMILES string of the molecule is CCNC(=NCC(O)COCC(C)C)NCCCN1CCC(C)CC1.I. The summed E-state index contributed by atoms with van der Waals surface area (Å²) in [7, 11) is 0. The van der Waals surface area contributed by atoms with Crippen molar-refractivity contribution >= 4 is 29.9 Å². The zero-order valence-electron chi connectivity index (χ0n) is 17.2. The zero-order chi connectivity index (χ0) is 18.5. The third-order valence-electron chi connectivity index (χ3n) is 4.39. The average molecular weight is 484 g/mol. The molecular weight excluding hydrogens is 443 g/mol. The Morgan fingerprint density at radius 1 is 1.23 bits per heavy atom. The number of likely N-dealkylation sites (tertiary alicyclic amines) is 1. The van der Waals surface area contributed by atoms with Gasteiger partial charge < -0.3 is 25.4 Å². The number of aliphatic hydroxyl groups is 1. The van der Waals surface area contributed by atoms with Gasteiger partial charge >= 0.3 is 0 Å². The van der Waals surface area contributed by atoms with Crippen molar-refractivity contribution in [2.75, 3.05) is 52.5 Å². The molecule has 0 radical (unpaired) electrons. The summed E-state index contributed by atoms with van der Waals surface area (Å²) in [6.07, 6.45) is 3.21. The molecule has 0 amide bonds. The molecule has 1 aliphatic rings. The lowest BCUT2D eigenvalue weighted by Crippen LogP contribution is -2.40. The van der Waals surface area contributed by atoms with Gasteiger partial charge in [-0.05, 0) is 57.7 Å². The van der Waals surface area contributed by atoms with Crippen molar-refractivity contribution in [2.24, 2.45) is 16.8 Å². The van der Waals surface area contributed by atoms with Crippen LogP contribution in [0.1, 0.15) is 47.0 Å². The summed E-state index contributed by atoms with van der Waals surface area (Å²) in [6, 6.07) is 0. The molecule has 26 heavy (non-hydrogen) atoms. The highest BCUT2D eigenvalue weighted by atomic mass is 127. The maximum atomic E-state index is 9.95. The first-order valence-corrected chi connectivity index (χ1v) is 10.0. The molecule has 1 heterocycles. The van der Waals surface area contributed by atoms with Crippen LogP contribution in [0, 0.1) is 11.8 Å². The minimum Gasteiger partial charge on any atom is -0.389 e. The van der Waals surface area contributed by atoms with Gasteiger partial charge in [-0.15, -0.1) is 24.0 Å². The molecule has 1 fully saturated rings. The Labute approximate surface area is 177 Å². The van der Waals surface area contributed by atoms with Crippen molar-refractivity contribution in [2.45, 2.75) is 53.1 Å². The quantitative estimate of drug-likeness (QED) is 0.182. The smallest absolute Gasteiger partial charge is 0.191 e. The molecule has 6 nitrogen and oxygen atoms in total. The molecule has 3 N–H and O–H groups in total. The van der Waals surface area contributed by atoms with E-state index in [1.807, 2.05) is 6.92 Å². The number of hydrogen-bond acceptors (Lipinski definition) is 4. The number of ether oxygens (including phenoxy) is 1. The molecule has 1 atom stereocenters. The molecule has 0 aromatic heterocycles. The molecular formula is C19H41IN4O2. The molecule has 0 aromatic carbocycles. The monoisotopic (exact) mass is 484 g/mol. The van der Waals surface area contributed by atoms with Gasteiger partial charge in [-0.2, -0.15) is 0 Å². The maximum absolute atomic E-state index is 9.95. The number of nitrogens with one attached hydrogen (secondary N) is 2. The highest BCUT2D eigenvalue weighted by Gasteiger charge is 2.14. The van der Waals surface area contributed by atoms with Crippen molar-refractivity contribution in [1.82, 2.24) is 15.5 Å². The summed E-state index contributed by atoms with van der Waals surface area (Å²) in [5, 5.41) is 16.5. The van der Waals surface area contributed by atoms with Crippen molar-refractivity contribution in [3.8, 4) is 0 Å². The second-order valence-corrected chi connectivity index (χ2v) is 7.61. The Morgan fingerprint density at radius 3 is 2.54 bits per heavy atom. The van der Waals surface area contributed by atoms with Gasteiger partial charge in [0.1, 0.15) is 0 Å². The molecule has 7 heteroatoms. The first-order chi connectivity index (χ1) is 12.0. The second kappa shape index (κ2) is 15.9. The zero-order valence-corrected chi connectivity index (χ0v) is 19.5. The van der Waals surface area contributed by atoms with E-state index in [4.69, 9.17) is 4.74 Å². The van der Waals surface area contributed by atoms with Crippen molar-refractivity contribution in [3.05, 3.63) is 0 Å². The van der Waals surface area contributed by atoms with E-state index in [0.29, 0.717) is 25.7 Å². The summed E-state index contributed by atoms with van der Waals surface area (Å²) >= 11 is 0. The number of hydrogen-bond donors (Lipinski definition) is 3. The largest absolute Gasteiger partial charge is 0.389 e. The van der Waals surface area contributed by atoms with Gasteiger partial charge in [-0.3, -0.25) is 4.99 Å². The maximum Gasteiger partial charge on any atom is 0.191 e. The molecule has 1 rings (SSSR count). The fourth-order valence-corrected chi connectivity index (χ4v) is 2.83. The number of halogens is 1. The van der Waals surface area contributed by atoms with E-state index in [1.165, 1.54) is 25.9 Å². The highest BCUT2D eigenvalue weighted by Crippen LogP contribution is 2.15. The Balaban J connectivity index is 0.00000625. The molecule has 156 valence electrons. The average Bonchev–Trinajstić information content (AvgIpc) is 2.57. The molecule has 1 unspecified atom stereocenters. The molecule has 0 aromatic rings. The lowest BCUT2D eigenvalue weighted by Gasteiger charge is -2.30. The van der Waals surface area contributed by atoms with Crippen LogP contribution in [0.15, 0.2) is 4.99 Å². The van der Waals surface area contributed by atoms with Crippen LogP contribution in [-0.2, 0) is 4.74 Å². The van der Waals surface area contributed by atoms with Gasteiger partial charge in [0.05, 0.1) is 19.3 Å². The predicted octanol–water partition coefficient (Wildman–Crippen LogP) is 2.31. The number of nitrogens with zero attached hydrogens (tertiary/aromatic N) is 2. The van der Waals surface area contributed by atoms with Gasteiger partial charge in [0, 0.05) is 19.7 Å². The van der Waals surface area contributed by atoms with Gasteiger partial charge in [-0.1, -0.05) is 20.8 Å². The molecule has 1 aliphatic heterocycles. The fraction of sp³-hybridized carbons (Fsp3) is 0.947. The van der Waals surface area contributed by atoms with Crippen LogP contribution in [0.4, 0.5) is 0 Å². The topological polar surface area (TPSA) is 69.1 Å². The summed E-state index contributed by atoms with van der Waals surface area (Å²) < 4.78 is 5.46. The summed E-state index contributed by atoms with van der Waals surface area (Å²) in [4.78, 5) is 7.01. The standard InChI is InChI=1S/C19H40N4O2.HI/c1-5-20-19(22-13-18(24)15-25-14-16(2)3)21-9-6-10-23-11-7-17(4)8-12-23;/h16-18,24H,5-15H2,1-4H3,(H2,20,21,22);1H. The van der Waals surface area contributed by atoms with E-state index in [9.17, 15) is 5.11 Å². The Hall–Kier alpha value is -0.120. The Bertz CT molecular complexity index is 361. The molecule has 0 bridgehead atoms. The van der Waals surface area contributed by atoms with Crippen molar-refractivity contribution in [3.63, 3.8) is 0 Å². The highest BCUT2D eigenvalue weighted by molar-refractivity contribution is 14.0. The minimum atomic E-state index is -0.551. The van der Waals surface area contributed by atoms with Crippen LogP contribution in [0.3, 0.4) is 0 Å². The van der Waals surface area contributed by atoms with E-state index in [1.54, 1.807) is 0 Å². The second-order valence-electron chi connectivity index (χ2n) is 7.61. The lowest BCUT2D eigenvalue weighted by molar-refractivity contribution is 0.0301. The number of guanidine groups is 1. The van der Waals surface area contributed by atoms with E-state index in [0.717, 1.165) is 37.9 Å². The van der Waals surface area contributed by atoms with Gasteiger partial charge in [-0.25, -0.2) is 0 Å². The summed E-state index contributed by atoms with van der Waals surface area (Å²) in [5.74, 6) is 2.15. The van der Waals surface area contributed by atoms with E-state index >= 15 is 0 Å². The molecule has 0 spiro atoms.